The van der Waals surface area contributed by atoms with Gasteiger partial charge in [-0.1, -0.05) is 23.7 Å². The lowest BCUT2D eigenvalue weighted by Crippen LogP contribution is -2.01. The third-order valence-electron chi connectivity index (χ3n) is 2.34. The Hall–Kier alpha value is -1.00. The van der Waals surface area contributed by atoms with E-state index >= 15 is 0 Å². The van der Waals surface area contributed by atoms with Crippen LogP contribution in [0.5, 0.6) is 0 Å². The van der Waals surface area contributed by atoms with Gasteiger partial charge >= 0.3 is 0 Å². The van der Waals surface area contributed by atoms with Gasteiger partial charge in [0.25, 0.3) is 0 Å². The van der Waals surface area contributed by atoms with E-state index < -0.39 is 0 Å². The molecule has 1 aromatic rings. The Kier molecular flexibility index (Phi) is 1.59. The van der Waals surface area contributed by atoms with Crippen LogP contribution in [0, 0.1) is 11.3 Å². The number of hydrogen-bond donors (Lipinski definition) is 0. The van der Waals surface area contributed by atoms with Gasteiger partial charge < -0.3 is 0 Å². The van der Waals surface area contributed by atoms with Gasteiger partial charge in [0.1, 0.15) is 0 Å². The van der Waals surface area contributed by atoms with E-state index in [0.717, 1.165) is 18.4 Å². The van der Waals surface area contributed by atoms with Crippen LogP contribution in [0.3, 0.4) is 0 Å². The van der Waals surface area contributed by atoms with Crippen LogP contribution in [0.4, 0.5) is 0 Å². The summed E-state index contributed by atoms with van der Waals surface area (Å²) in [4.78, 5) is 0. The summed E-state index contributed by atoms with van der Waals surface area (Å²) in [5.41, 5.74) is 0.864. The molecule has 0 aliphatic heterocycles. The van der Waals surface area contributed by atoms with E-state index in [0.29, 0.717) is 5.02 Å². The number of rotatable bonds is 1. The van der Waals surface area contributed by atoms with Crippen molar-refractivity contribution in [3.8, 4) is 6.07 Å². The van der Waals surface area contributed by atoms with Crippen molar-refractivity contribution in [3.05, 3.63) is 34.9 Å². The molecule has 2 heteroatoms. The molecule has 12 heavy (non-hydrogen) atoms. The average Bonchev–Trinajstić information content (AvgIpc) is 2.84. The highest BCUT2D eigenvalue weighted by Gasteiger charge is 2.44. The first-order chi connectivity index (χ1) is 5.77. The molecule has 2 rings (SSSR count). The maximum absolute atomic E-state index is 8.91. The normalized spacial score (nSPS) is 18.3. The number of hydrogen-bond acceptors (Lipinski definition) is 1. The van der Waals surface area contributed by atoms with Gasteiger partial charge in [0.05, 0.1) is 11.5 Å². The SMILES string of the molecule is N#CC1(c2cccc(Cl)c2)CC1. The zero-order chi connectivity index (χ0) is 8.60. The molecule has 0 radical (unpaired) electrons. The maximum Gasteiger partial charge on any atom is 0.0824 e. The number of halogens is 1. The molecular weight excluding hydrogens is 170 g/mol. The summed E-state index contributed by atoms with van der Waals surface area (Å²) >= 11 is 5.83. The Labute approximate surface area is 76.6 Å². The van der Waals surface area contributed by atoms with E-state index in [1.165, 1.54) is 0 Å². The van der Waals surface area contributed by atoms with E-state index in [9.17, 15) is 0 Å². The minimum atomic E-state index is -0.203. The van der Waals surface area contributed by atoms with Crippen molar-refractivity contribution < 1.29 is 0 Å². The Morgan fingerprint density at radius 3 is 2.67 bits per heavy atom. The first-order valence-electron chi connectivity index (χ1n) is 3.94. The molecule has 0 unspecified atom stereocenters. The zero-order valence-corrected chi connectivity index (χ0v) is 7.30. The highest BCUT2D eigenvalue weighted by molar-refractivity contribution is 6.30. The number of benzene rings is 1. The third-order valence-corrected chi connectivity index (χ3v) is 2.58. The van der Waals surface area contributed by atoms with Gasteiger partial charge in [0.15, 0.2) is 0 Å². The first kappa shape index (κ1) is 7.64. The summed E-state index contributed by atoms with van der Waals surface area (Å²) in [6.07, 6.45) is 1.95. The molecule has 1 aliphatic rings. The fraction of sp³-hybridized carbons (Fsp3) is 0.300. The molecule has 0 aromatic heterocycles. The van der Waals surface area contributed by atoms with Gasteiger partial charge in [-0.05, 0) is 30.5 Å². The largest absolute Gasteiger partial charge is 0.197 e. The third kappa shape index (κ3) is 1.09. The van der Waals surface area contributed by atoms with Crippen molar-refractivity contribution in [1.29, 1.82) is 5.26 Å². The van der Waals surface area contributed by atoms with E-state index in [-0.39, 0.29) is 5.41 Å². The van der Waals surface area contributed by atoms with Crippen molar-refractivity contribution in [1.82, 2.24) is 0 Å². The molecule has 0 saturated heterocycles. The second-order valence-corrected chi connectivity index (χ2v) is 3.64. The van der Waals surface area contributed by atoms with Gasteiger partial charge in [0.2, 0.25) is 0 Å². The molecule has 0 amide bonds. The molecule has 0 bridgehead atoms. The van der Waals surface area contributed by atoms with E-state index in [1.54, 1.807) is 0 Å². The predicted octanol–water partition coefficient (Wildman–Crippen LogP) is 2.90. The summed E-state index contributed by atoms with van der Waals surface area (Å²) in [5, 5.41) is 9.62. The zero-order valence-electron chi connectivity index (χ0n) is 6.55. The van der Waals surface area contributed by atoms with Crippen molar-refractivity contribution >= 4 is 11.6 Å². The van der Waals surface area contributed by atoms with E-state index in [1.807, 2.05) is 24.3 Å². The second kappa shape index (κ2) is 2.50. The fourth-order valence-corrected chi connectivity index (χ4v) is 1.57. The van der Waals surface area contributed by atoms with E-state index in [2.05, 4.69) is 6.07 Å². The molecule has 0 atom stereocenters. The fourth-order valence-electron chi connectivity index (χ4n) is 1.38. The van der Waals surface area contributed by atoms with Crippen LogP contribution in [0.25, 0.3) is 0 Å². The predicted molar refractivity (Wildman–Crippen MR) is 48.0 cm³/mol. The smallest absolute Gasteiger partial charge is 0.0824 e. The van der Waals surface area contributed by atoms with Crippen molar-refractivity contribution in [2.75, 3.05) is 0 Å². The van der Waals surface area contributed by atoms with Crippen LogP contribution in [-0.4, -0.2) is 0 Å². The Balaban J connectivity index is 2.42. The first-order valence-corrected chi connectivity index (χ1v) is 4.32. The van der Waals surface area contributed by atoms with E-state index in [4.69, 9.17) is 16.9 Å². The van der Waals surface area contributed by atoms with Crippen molar-refractivity contribution in [3.63, 3.8) is 0 Å². The minimum absolute atomic E-state index is 0.203. The summed E-state index contributed by atoms with van der Waals surface area (Å²) in [7, 11) is 0. The molecule has 1 aliphatic carbocycles. The standard InChI is InChI=1S/C10H8ClN/c11-9-3-1-2-8(6-9)10(7-12)4-5-10/h1-3,6H,4-5H2. The summed E-state index contributed by atoms with van der Waals surface area (Å²) in [6.45, 7) is 0. The maximum atomic E-state index is 8.91. The molecule has 0 N–H and O–H groups in total. The molecule has 1 saturated carbocycles. The average molecular weight is 178 g/mol. The van der Waals surface area contributed by atoms with Gasteiger partial charge in [-0.3, -0.25) is 0 Å². The quantitative estimate of drug-likeness (QED) is 0.647. The molecule has 0 heterocycles. The van der Waals surface area contributed by atoms with Crippen LogP contribution in [-0.2, 0) is 5.41 Å². The van der Waals surface area contributed by atoms with Crippen molar-refractivity contribution in [2.24, 2.45) is 0 Å². The summed E-state index contributed by atoms with van der Waals surface area (Å²) in [6, 6.07) is 9.93. The lowest BCUT2D eigenvalue weighted by atomic mass is 9.98. The van der Waals surface area contributed by atoms with Gasteiger partial charge in [-0.2, -0.15) is 5.26 Å². The molecule has 1 nitrogen and oxygen atoms in total. The molecule has 60 valence electrons. The lowest BCUT2D eigenvalue weighted by Gasteiger charge is -2.04. The number of nitriles is 1. The topological polar surface area (TPSA) is 23.8 Å². The van der Waals surface area contributed by atoms with Crippen LogP contribution >= 0.6 is 11.6 Å². The van der Waals surface area contributed by atoms with Crippen LogP contribution in [0.15, 0.2) is 24.3 Å². The highest BCUT2D eigenvalue weighted by Crippen LogP contribution is 2.47. The summed E-state index contributed by atoms with van der Waals surface area (Å²) < 4.78 is 0. The monoisotopic (exact) mass is 177 g/mol. The lowest BCUT2D eigenvalue weighted by molar-refractivity contribution is 0.909. The molecular formula is C10H8ClN. The Bertz CT molecular complexity index is 347. The second-order valence-electron chi connectivity index (χ2n) is 3.20. The van der Waals surface area contributed by atoms with Crippen LogP contribution in [0.2, 0.25) is 5.02 Å². The molecule has 0 spiro atoms. The van der Waals surface area contributed by atoms with Crippen LogP contribution < -0.4 is 0 Å². The van der Waals surface area contributed by atoms with Crippen molar-refractivity contribution in [2.45, 2.75) is 18.3 Å². The summed E-state index contributed by atoms with van der Waals surface area (Å²) in [5.74, 6) is 0. The number of nitrogens with zero attached hydrogens (tertiary/aromatic N) is 1. The Morgan fingerprint density at radius 2 is 2.17 bits per heavy atom. The molecule has 1 fully saturated rings. The highest BCUT2D eigenvalue weighted by atomic mass is 35.5. The Morgan fingerprint density at radius 1 is 1.42 bits per heavy atom. The minimum Gasteiger partial charge on any atom is -0.197 e. The van der Waals surface area contributed by atoms with Gasteiger partial charge in [-0.15, -0.1) is 0 Å². The molecule has 1 aromatic carbocycles. The van der Waals surface area contributed by atoms with Crippen LogP contribution in [0.1, 0.15) is 18.4 Å². The van der Waals surface area contributed by atoms with Gasteiger partial charge in [0, 0.05) is 5.02 Å². The van der Waals surface area contributed by atoms with Gasteiger partial charge in [-0.25, -0.2) is 0 Å².